The third kappa shape index (κ3) is 5.00. The van der Waals surface area contributed by atoms with Gasteiger partial charge in [0.1, 0.15) is 0 Å². The van der Waals surface area contributed by atoms with E-state index in [4.69, 9.17) is 17.0 Å². The second-order valence-corrected chi connectivity index (χ2v) is 7.01. The minimum absolute atomic E-state index is 0.214. The number of rotatable bonds is 5. The van der Waals surface area contributed by atoms with E-state index in [1.54, 1.807) is 6.20 Å². The minimum Gasteiger partial charge on any atom is -0.379 e. The standard InChI is InChI=1S/C20H26N4OS/c1-15-5-6-16(2)18(12-15)23-20(26)22-14-19(17-4-3-7-21-13-17)24-8-10-25-11-9-24/h3-7,12-13,19H,8-11,14H2,1-2H3,(H2,22,23,26)/t19-/m1/s1. The van der Waals surface area contributed by atoms with Gasteiger partial charge in [-0.1, -0.05) is 18.2 Å². The molecule has 0 amide bonds. The van der Waals surface area contributed by atoms with Crippen LogP contribution in [-0.2, 0) is 4.74 Å². The highest BCUT2D eigenvalue weighted by Gasteiger charge is 2.23. The van der Waals surface area contributed by atoms with Crippen molar-refractivity contribution >= 4 is 23.0 Å². The molecule has 0 bridgehead atoms. The molecule has 0 radical (unpaired) electrons. The Kier molecular flexibility index (Phi) is 6.55. The molecular weight excluding hydrogens is 344 g/mol. The second-order valence-electron chi connectivity index (χ2n) is 6.60. The van der Waals surface area contributed by atoms with Crippen molar-refractivity contribution in [2.24, 2.45) is 0 Å². The largest absolute Gasteiger partial charge is 0.379 e. The molecule has 1 aromatic heterocycles. The van der Waals surface area contributed by atoms with Gasteiger partial charge >= 0.3 is 0 Å². The van der Waals surface area contributed by atoms with Crippen LogP contribution in [0.1, 0.15) is 22.7 Å². The van der Waals surface area contributed by atoms with Crippen molar-refractivity contribution in [2.75, 3.05) is 38.2 Å². The summed E-state index contributed by atoms with van der Waals surface area (Å²) >= 11 is 5.53. The zero-order chi connectivity index (χ0) is 18.4. The number of nitrogens with zero attached hydrogens (tertiary/aromatic N) is 2. The van der Waals surface area contributed by atoms with Gasteiger partial charge < -0.3 is 15.4 Å². The van der Waals surface area contributed by atoms with Crippen molar-refractivity contribution in [1.29, 1.82) is 0 Å². The van der Waals surface area contributed by atoms with Crippen molar-refractivity contribution in [3.63, 3.8) is 0 Å². The van der Waals surface area contributed by atoms with E-state index >= 15 is 0 Å². The summed E-state index contributed by atoms with van der Waals surface area (Å²) in [6.07, 6.45) is 3.74. The van der Waals surface area contributed by atoms with Crippen molar-refractivity contribution in [3.05, 3.63) is 59.4 Å². The molecule has 1 aliphatic heterocycles. The van der Waals surface area contributed by atoms with Crippen LogP contribution in [0, 0.1) is 13.8 Å². The molecule has 0 spiro atoms. The van der Waals surface area contributed by atoms with Gasteiger partial charge in [0.15, 0.2) is 5.11 Å². The van der Waals surface area contributed by atoms with Gasteiger partial charge in [-0.05, 0) is 54.9 Å². The Morgan fingerprint density at radius 1 is 1.27 bits per heavy atom. The molecule has 2 N–H and O–H groups in total. The topological polar surface area (TPSA) is 49.4 Å². The van der Waals surface area contributed by atoms with Crippen LogP contribution in [0.25, 0.3) is 0 Å². The Balaban J connectivity index is 1.65. The molecule has 1 aromatic carbocycles. The fourth-order valence-corrected chi connectivity index (χ4v) is 3.34. The van der Waals surface area contributed by atoms with Gasteiger partial charge in [-0.3, -0.25) is 9.88 Å². The minimum atomic E-state index is 0.214. The maximum atomic E-state index is 5.53. The number of benzene rings is 1. The normalized spacial score (nSPS) is 16.1. The van der Waals surface area contributed by atoms with E-state index in [-0.39, 0.29) is 6.04 Å². The zero-order valence-corrected chi connectivity index (χ0v) is 16.2. The molecule has 6 heteroatoms. The molecule has 1 aliphatic rings. The molecule has 1 fully saturated rings. The number of thiocarbonyl (C=S) groups is 1. The van der Waals surface area contributed by atoms with E-state index in [1.807, 2.05) is 12.3 Å². The first-order valence-corrected chi connectivity index (χ1v) is 9.38. The third-order valence-electron chi connectivity index (χ3n) is 4.65. The number of aromatic nitrogens is 1. The molecular formula is C20H26N4OS. The van der Waals surface area contributed by atoms with Crippen molar-refractivity contribution in [1.82, 2.24) is 15.2 Å². The summed E-state index contributed by atoms with van der Waals surface area (Å²) in [4.78, 5) is 6.71. The lowest BCUT2D eigenvalue weighted by Crippen LogP contribution is -2.44. The van der Waals surface area contributed by atoms with Crippen molar-refractivity contribution < 1.29 is 4.74 Å². The average Bonchev–Trinajstić information content (AvgIpc) is 2.67. The lowest BCUT2D eigenvalue weighted by molar-refractivity contribution is 0.0170. The smallest absolute Gasteiger partial charge is 0.170 e. The van der Waals surface area contributed by atoms with Crippen LogP contribution in [-0.4, -0.2) is 47.8 Å². The zero-order valence-electron chi connectivity index (χ0n) is 15.4. The fourth-order valence-electron chi connectivity index (χ4n) is 3.15. The van der Waals surface area contributed by atoms with Gasteiger partial charge in [-0.2, -0.15) is 0 Å². The Labute approximate surface area is 160 Å². The van der Waals surface area contributed by atoms with Crippen molar-refractivity contribution in [2.45, 2.75) is 19.9 Å². The van der Waals surface area contributed by atoms with Gasteiger partial charge in [-0.25, -0.2) is 0 Å². The maximum Gasteiger partial charge on any atom is 0.170 e. The van der Waals surface area contributed by atoms with E-state index in [9.17, 15) is 0 Å². The first kappa shape index (κ1) is 18.8. The van der Waals surface area contributed by atoms with Crippen LogP contribution < -0.4 is 10.6 Å². The highest BCUT2D eigenvalue weighted by Crippen LogP contribution is 2.21. The summed E-state index contributed by atoms with van der Waals surface area (Å²) in [5.41, 5.74) is 4.63. The van der Waals surface area contributed by atoms with Crippen molar-refractivity contribution in [3.8, 4) is 0 Å². The molecule has 3 rings (SSSR count). The van der Waals surface area contributed by atoms with Gasteiger partial charge in [0.25, 0.3) is 0 Å². The first-order valence-electron chi connectivity index (χ1n) is 8.97. The molecule has 0 aliphatic carbocycles. The van der Waals surface area contributed by atoms with E-state index in [0.717, 1.165) is 38.5 Å². The highest BCUT2D eigenvalue weighted by molar-refractivity contribution is 7.80. The van der Waals surface area contributed by atoms with Gasteiger partial charge in [0.2, 0.25) is 0 Å². The molecule has 2 aromatic rings. The molecule has 138 valence electrons. The predicted octanol–water partition coefficient (Wildman–Crippen LogP) is 3.06. The number of hydrogen-bond donors (Lipinski definition) is 2. The summed E-state index contributed by atoms with van der Waals surface area (Å²) in [6, 6.07) is 10.6. The number of hydrogen-bond acceptors (Lipinski definition) is 4. The number of ether oxygens (including phenoxy) is 1. The number of morpholine rings is 1. The van der Waals surface area contributed by atoms with Crippen LogP contribution in [0.3, 0.4) is 0 Å². The van der Waals surface area contributed by atoms with E-state index in [2.05, 4.69) is 58.6 Å². The number of aryl methyl sites for hydroxylation is 2. The lowest BCUT2D eigenvalue weighted by atomic mass is 10.1. The number of pyridine rings is 1. The van der Waals surface area contributed by atoms with E-state index in [1.165, 1.54) is 16.7 Å². The summed E-state index contributed by atoms with van der Waals surface area (Å²) in [5, 5.41) is 7.35. The fraction of sp³-hybridized carbons (Fsp3) is 0.400. The number of nitrogens with one attached hydrogen (secondary N) is 2. The second kappa shape index (κ2) is 9.07. The SMILES string of the molecule is Cc1ccc(C)c(NC(=S)NC[C@H](c2cccnc2)N2CCOCC2)c1. The molecule has 5 nitrogen and oxygen atoms in total. The molecule has 0 unspecified atom stereocenters. The summed E-state index contributed by atoms with van der Waals surface area (Å²) < 4.78 is 5.50. The van der Waals surface area contributed by atoms with Crippen LogP contribution in [0.5, 0.6) is 0 Å². The Morgan fingerprint density at radius 2 is 2.08 bits per heavy atom. The van der Waals surface area contributed by atoms with Gasteiger partial charge in [-0.15, -0.1) is 0 Å². The highest BCUT2D eigenvalue weighted by atomic mass is 32.1. The summed E-state index contributed by atoms with van der Waals surface area (Å²) in [5.74, 6) is 0. The molecule has 26 heavy (non-hydrogen) atoms. The summed E-state index contributed by atoms with van der Waals surface area (Å²) in [6.45, 7) is 8.25. The van der Waals surface area contributed by atoms with E-state index in [0.29, 0.717) is 5.11 Å². The van der Waals surface area contributed by atoms with Crippen LogP contribution in [0.15, 0.2) is 42.7 Å². The predicted molar refractivity (Wildman–Crippen MR) is 110 cm³/mol. The van der Waals surface area contributed by atoms with Crippen LogP contribution in [0.4, 0.5) is 5.69 Å². The first-order chi connectivity index (χ1) is 12.6. The van der Waals surface area contributed by atoms with E-state index < -0.39 is 0 Å². The summed E-state index contributed by atoms with van der Waals surface area (Å²) in [7, 11) is 0. The van der Waals surface area contributed by atoms with Crippen LogP contribution >= 0.6 is 12.2 Å². The quantitative estimate of drug-likeness (QED) is 0.789. The van der Waals surface area contributed by atoms with Gasteiger partial charge in [0, 0.05) is 37.7 Å². The molecule has 1 atom stereocenters. The molecule has 0 saturated carbocycles. The maximum absolute atomic E-state index is 5.53. The Morgan fingerprint density at radius 3 is 2.81 bits per heavy atom. The third-order valence-corrected chi connectivity index (χ3v) is 4.90. The van der Waals surface area contributed by atoms with Gasteiger partial charge in [0.05, 0.1) is 19.3 Å². The Bertz CT molecular complexity index is 732. The Hall–Kier alpha value is -2.02. The van der Waals surface area contributed by atoms with Crippen LogP contribution in [0.2, 0.25) is 0 Å². The number of anilines is 1. The monoisotopic (exact) mass is 370 g/mol. The molecule has 2 heterocycles. The average molecular weight is 371 g/mol. The lowest BCUT2D eigenvalue weighted by Gasteiger charge is -2.35. The molecule has 1 saturated heterocycles.